The number of amides is 2. The van der Waals surface area contributed by atoms with Crippen molar-refractivity contribution in [2.45, 2.75) is 19.0 Å². The van der Waals surface area contributed by atoms with Crippen LogP contribution in [-0.4, -0.2) is 64.1 Å². The third-order valence-corrected chi connectivity index (χ3v) is 5.66. The summed E-state index contributed by atoms with van der Waals surface area (Å²) in [5.41, 5.74) is -2.91. The number of aromatic nitrogens is 3. The molecule has 1 aliphatic rings. The maximum atomic E-state index is 13.1. The highest BCUT2D eigenvalue weighted by atomic mass is 32.2. The standard InChI is InChI=1S/C20H19F4N7O3S/c21-20(22,23)15-10-17(27-31(35-24)19(15)34)30(13-32)5-1-2-18(33)29-8-6-28(7-9-29)16-4-3-14(11-25)12-26-16/h3-4,10,12-13H,1-2,5-9H2. The van der Waals surface area contributed by atoms with Crippen molar-refractivity contribution < 1.29 is 26.6 Å². The minimum atomic E-state index is -5.06. The van der Waals surface area contributed by atoms with E-state index in [-0.39, 0.29) is 35.8 Å². The summed E-state index contributed by atoms with van der Waals surface area (Å²) in [6.07, 6.45) is -3.26. The monoisotopic (exact) mass is 513 g/mol. The van der Waals surface area contributed by atoms with Gasteiger partial charge in [-0.2, -0.15) is 18.4 Å². The molecule has 0 saturated carbocycles. The predicted octanol–water partition coefficient (Wildman–Crippen LogP) is 2.00. The molecule has 10 nitrogen and oxygen atoms in total. The smallest absolute Gasteiger partial charge is 0.353 e. The second-order valence-electron chi connectivity index (χ2n) is 7.45. The normalized spacial score (nSPS) is 13.9. The van der Waals surface area contributed by atoms with Crippen LogP contribution < -0.4 is 15.4 Å². The fourth-order valence-corrected chi connectivity index (χ4v) is 3.73. The molecule has 3 rings (SSSR count). The topological polar surface area (TPSA) is 115 Å². The average molecular weight is 513 g/mol. The highest BCUT2D eigenvalue weighted by molar-refractivity contribution is 7.92. The van der Waals surface area contributed by atoms with Crippen molar-refractivity contribution in [3.8, 4) is 6.07 Å². The summed E-state index contributed by atoms with van der Waals surface area (Å²) in [7, 11) is 0. The molecule has 0 bridgehead atoms. The van der Waals surface area contributed by atoms with Crippen molar-refractivity contribution >= 4 is 36.3 Å². The Morgan fingerprint density at radius 3 is 2.51 bits per heavy atom. The van der Waals surface area contributed by atoms with E-state index in [0.29, 0.717) is 43.6 Å². The molecule has 0 spiro atoms. The number of pyridine rings is 1. The van der Waals surface area contributed by atoms with E-state index in [9.17, 15) is 31.4 Å². The number of anilines is 2. The lowest BCUT2D eigenvalue weighted by atomic mass is 10.2. The van der Waals surface area contributed by atoms with E-state index in [1.807, 2.05) is 11.0 Å². The van der Waals surface area contributed by atoms with Crippen molar-refractivity contribution in [3.05, 3.63) is 45.9 Å². The Morgan fingerprint density at radius 2 is 1.97 bits per heavy atom. The lowest BCUT2D eigenvalue weighted by molar-refractivity contribution is -0.139. The van der Waals surface area contributed by atoms with Crippen LogP contribution in [0.25, 0.3) is 0 Å². The molecule has 186 valence electrons. The molecule has 2 aromatic heterocycles. The summed E-state index contributed by atoms with van der Waals surface area (Å²) in [6, 6.07) is 5.75. The van der Waals surface area contributed by atoms with Gasteiger partial charge in [0.25, 0.3) is 5.56 Å². The second kappa shape index (κ2) is 11.2. The van der Waals surface area contributed by atoms with Crippen LogP contribution >= 0.6 is 12.3 Å². The van der Waals surface area contributed by atoms with Crippen LogP contribution in [0.1, 0.15) is 24.0 Å². The minimum Gasteiger partial charge on any atom is -0.353 e. The lowest BCUT2D eigenvalue weighted by Crippen LogP contribution is -2.49. The minimum absolute atomic E-state index is 0.0169. The molecule has 0 atom stereocenters. The van der Waals surface area contributed by atoms with Gasteiger partial charge in [-0.05, 0) is 18.6 Å². The van der Waals surface area contributed by atoms with Crippen molar-refractivity contribution in [1.82, 2.24) is 19.1 Å². The van der Waals surface area contributed by atoms with Gasteiger partial charge < -0.3 is 9.80 Å². The Kier molecular flexibility index (Phi) is 8.28. The summed E-state index contributed by atoms with van der Waals surface area (Å²) < 4.78 is 52.1. The zero-order valence-electron chi connectivity index (χ0n) is 18.1. The molecule has 0 aliphatic carbocycles. The van der Waals surface area contributed by atoms with Gasteiger partial charge in [0.2, 0.25) is 12.3 Å². The summed E-state index contributed by atoms with van der Waals surface area (Å²) in [5.74, 6) is -0.0687. The van der Waals surface area contributed by atoms with Gasteiger partial charge in [0.15, 0.2) is 18.2 Å². The highest BCUT2D eigenvalue weighted by Crippen LogP contribution is 2.29. The number of hydrogen-bond donors (Lipinski definition) is 0. The van der Waals surface area contributed by atoms with E-state index in [1.54, 1.807) is 17.0 Å². The van der Waals surface area contributed by atoms with Gasteiger partial charge in [0.05, 0.1) is 5.56 Å². The molecular formula is C20H19F4N7O3S. The molecule has 1 aliphatic heterocycles. The molecule has 15 heteroatoms. The number of rotatable bonds is 8. The van der Waals surface area contributed by atoms with Gasteiger partial charge in [-0.15, -0.1) is 13.1 Å². The number of hydrogen-bond acceptors (Lipinski definition) is 8. The molecule has 0 unspecified atom stereocenters. The first kappa shape index (κ1) is 25.9. The molecule has 3 heterocycles. The lowest BCUT2D eigenvalue weighted by Gasteiger charge is -2.35. The maximum Gasteiger partial charge on any atom is 0.421 e. The van der Waals surface area contributed by atoms with Crippen LogP contribution in [0.4, 0.5) is 28.7 Å². The third kappa shape index (κ3) is 6.27. The number of carbonyl (C=O) groups is 2. The van der Waals surface area contributed by atoms with Crippen LogP contribution in [0.15, 0.2) is 29.2 Å². The fraction of sp³-hybridized carbons (Fsp3) is 0.400. The van der Waals surface area contributed by atoms with E-state index in [4.69, 9.17) is 5.26 Å². The summed E-state index contributed by atoms with van der Waals surface area (Å²) >= 11 is -0.817. The van der Waals surface area contributed by atoms with Gasteiger partial charge in [-0.3, -0.25) is 19.3 Å². The SMILES string of the molecule is N#Cc1ccc(N2CCN(C(=O)CCCN(C=O)c3cc(C(F)(F)F)c(=O)n(SF)n3)CC2)nc1. The number of carbonyl (C=O) groups excluding carboxylic acids is 2. The Bertz CT molecular complexity index is 1160. The Labute approximate surface area is 201 Å². The van der Waals surface area contributed by atoms with Crippen molar-refractivity contribution in [2.24, 2.45) is 0 Å². The Morgan fingerprint density at radius 1 is 1.26 bits per heavy atom. The van der Waals surface area contributed by atoms with Crippen LogP contribution in [0.5, 0.6) is 0 Å². The first-order chi connectivity index (χ1) is 16.7. The van der Waals surface area contributed by atoms with Crippen LogP contribution in [-0.2, 0) is 15.8 Å². The molecule has 2 amide bonds. The quantitative estimate of drug-likeness (QED) is 0.389. The zero-order valence-corrected chi connectivity index (χ0v) is 18.9. The zero-order chi connectivity index (χ0) is 25.6. The first-order valence-corrected chi connectivity index (χ1v) is 11.0. The van der Waals surface area contributed by atoms with Gasteiger partial charge in [-0.25, -0.2) is 4.98 Å². The predicted molar refractivity (Wildman–Crippen MR) is 118 cm³/mol. The molecule has 0 radical (unpaired) electrons. The third-order valence-electron chi connectivity index (χ3n) is 5.29. The van der Waals surface area contributed by atoms with Crippen molar-refractivity contribution in [2.75, 3.05) is 42.5 Å². The van der Waals surface area contributed by atoms with Crippen LogP contribution in [0.3, 0.4) is 0 Å². The summed E-state index contributed by atoms with van der Waals surface area (Å²) in [5, 5.41) is 12.3. The van der Waals surface area contributed by atoms with Gasteiger partial charge >= 0.3 is 6.18 Å². The molecular weight excluding hydrogens is 494 g/mol. The largest absolute Gasteiger partial charge is 0.421 e. The van der Waals surface area contributed by atoms with Gasteiger partial charge in [-0.1, -0.05) is 0 Å². The molecule has 0 aromatic carbocycles. The fourth-order valence-electron chi connectivity index (χ4n) is 3.46. The Balaban J connectivity index is 1.55. The maximum absolute atomic E-state index is 13.1. The number of nitriles is 1. The van der Waals surface area contributed by atoms with E-state index < -0.39 is 35.5 Å². The average Bonchev–Trinajstić information content (AvgIpc) is 2.86. The van der Waals surface area contributed by atoms with E-state index in [2.05, 4.69) is 10.1 Å². The molecule has 1 fully saturated rings. The first-order valence-electron chi connectivity index (χ1n) is 10.3. The number of alkyl halides is 3. The Hall–Kier alpha value is -3.67. The van der Waals surface area contributed by atoms with Gasteiger partial charge in [0.1, 0.15) is 17.5 Å². The number of nitrogens with zero attached hydrogens (tertiary/aromatic N) is 7. The summed E-state index contributed by atoms with van der Waals surface area (Å²) in [6.45, 7) is 1.74. The molecule has 35 heavy (non-hydrogen) atoms. The number of halogens is 4. The van der Waals surface area contributed by atoms with Crippen LogP contribution in [0.2, 0.25) is 0 Å². The summed E-state index contributed by atoms with van der Waals surface area (Å²) in [4.78, 5) is 44.3. The number of piperazine rings is 1. The van der Waals surface area contributed by atoms with Gasteiger partial charge in [0, 0.05) is 51.4 Å². The van der Waals surface area contributed by atoms with Crippen molar-refractivity contribution in [3.63, 3.8) is 0 Å². The van der Waals surface area contributed by atoms with E-state index in [1.165, 1.54) is 6.20 Å². The van der Waals surface area contributed by atoms with Crippen molar-refractivity contribution in [1.29, 1.82) is 5.26 Å². The van der Waals surface area contributed by atoms with E-state index in [0.717, 1.165) is 4.90 Å². The molecule has 0 N–H and O–H groups in total. The molecule has 1 saturated heterocycles. The molecule has 2 aromatic rings. The highest BCUT2D eigenvalue weighted by Gasteiger charge is 2.36. The van der Waals surface area contributed by atoms with Crippen LogP contribution in [0, 0.1) is 11.3 Å². The van der Waals surface area contributed by atoms with E-state index >= 15 is 0 Å². The second-order valence-corrected chi connectivity index (χ2v) is 7.93.